The van der Waals surface area contributed by atoms with Crippen LogP contribution in [0.2, 0.25) is 5.02 Å². The lowest BCUT2D eigenvalue weighted by atomic mass is 10.2. The minimum absolute atomic E-state index is 0.232. The van der Waals surface area contributed by atoms with Gasteiger partial charge in [0.25, 0.3) is 10.0 Å². The second-order valence-electron chi connectivity index (χ2n) is 3.57. The molecular formula is C11H9BrClNO2S. The molecule has 6 heteroatoms. The molecule has 1 heterocycles. The smallest absolute Gasteiger partial charge is 0.234 e. The molecule has 0 atom stereocenters. The molecule has 0 amide bonds. The molecule has 0 N–H and O–H groups in total. The summed E-state index contributed by atoms with van der Waals surface area (Å²) in [5.74, 6) is 0. The van der Waals surface area contributed by atoms with Gasteiger partial charge in [-0.15, -0.1) is 0 Å². The summed E-state index contributed by atoms with van der Waals surface area (Å²) in [6.07, 6.45) is 1.42. The molecule has 0 aliphatic rings. The number of halogens is 2. The van der Waals surface area contributed by atoms with Crippen LogP contribution in [0.25, 0.3) is 0 Å². The van der Waals surface area contributed by atoms with Crippen LogP contribution in [0.4, 0.5) is 0 Å². The second-order valence-corrected chi connectivity index (χ2v) is 6.54. The Bertz CT molecular complexity index is 647. The summed E-state index contributed by atoms with van der Waals surface area (Å²) < 4.78 is 26.0. The molecule has 0 spiro atoms. The maximum Gasteiger partial charge on any atom is 0.268 e. The van der Waals surface area contributed by atoms with Gasteiger partial charge < -0.3 is 0 Å². The minimum Gasteiger partial charge on any atom is -0.234 e. The number of nitrogens with zero attached hydrogens (tertiary/aromatic N) is 1. The van der Waals surface area contributed by atoms with E-state index in [1.807, 2.05) is 6.92 Å². The standard InChI is InChI=1S/C11H9BrClNO2S/c1-8-2-4-9(5-3-8)17(15,16)14-7-6-10(13)11(14)12/h2-7H,1H3. The van der Waals surface area contributed by atoms with Crippen molar-refractivity contribution in [1.82, 2.24) is 3.97 Å². The fourth-order valence-electron chi connectivity index (χ4n) is 1.38. The Morgan fingerprint density at radius 1 is 1.18 bits per heavy atom. The van der Waals surface area contributed by atoms with Crippen molar-refractivity contribution in [2.75, 3.05) is 0 Å². The lowest BCUT2D eigenvalue weighted by Gasteiger charge is -2.07. The van der Waals surface area contributed by atoms with Crippen molar-refractivity contribution in [3.05, 3.63) is 51.7 Å². The summed E-state index contributed by atoms with van der Waals surface area (Å²) in [4.78, 5) is 0.232. The lowest BCUT2D eigenvalue weighted by molar-refractivity contribution is 0.586. The molecule has 0 saturated heterocycles. The second kappa shape index (κ2) is 4.48. The average molecular weight is 335 g/mol. The Morgan fingerprint density at radius 2 is 1.76 bits per heavy atom. The molecule has 2 rings (SSSR count). The molecule has 90 valence electrons. The van der Waals surface area contributed by atoms with Gasteiger partial charge in [0.15, 0.2) is 0 Å². The summed E-state index contributed by atoms with van der Waals surface area (Å²) in [6.45, 7) is 1.90. The van der Waals surface area contributed by atoms with E-state index in [1.54, 1.807) is 24.3 Å². The maximum absolute atomic E-state index is 12.3. The van der Waals surface area contributed by atoms with E-state index in [0.29, 0.717) is 9.63 Å². The van der Waals surface area contributed by atoms with Crippen LogP contribution in [0.3, 0.4) is 0 Å². The minimum atomic E-state index is -3.58. The first kappa shape index (κ1) is 12.7. The van der Waals surface area contributed by atoms with Gasteiger partial charge in [-0.25, -0.2) is 12.4 Å². The first-order valence-corrected chi connectivity index (χ1v) is 7.38. The molecule has 0 unspecified atom stereocenters. The highest BCUT2D eigenvalue weighted by molar-refractivity contribution is 9.10. The molecular weight excluding hydrogens is 326 g/mol. The zero-order valence-electron chi connectivity index (χ0n) is 8.89. The molecule has 0 fully saturated rings. The van der Waals surface area contributed by atoms with Crippen molar-refractivity contribution in [3.63, 3.8) is 0 Å². The molecule has 1 aromatic heterocycles. The highest BCUT2D eigenvalue weighted by Crippen LogP contribution is 2.27. The summed E-state index contributed by atoms with van der Waals surface area (Å²) in [5.41, 5.74) is 1.01. The fraction of sp³-hybridized carbons (Fsp3) is 0.0909. The van der Waals surface area contributed by atoms with Crippen LogP contribution in [0, 0.1) is 6.92 Å². The highest BCUT2D eigenvalue weighted by atomic mass is 79.9. The molecule has 0 aliphatic heterocycles. The van der Waals surface area contributed by atoms with E-state index in [9.17, 15) is 8.42 Å². The Morgan fingerprint density at radius 3 is 2.24 bits per heavy atom. The first-order valence-electron chi connectivity index (χ1n) is 4.77. The third kappa shape index (κ3) is 2.27. The van der Waals surface area contributed by atoms with Gasteiger partial charge in [-0.3, -0.25) is 0 Å². The van der Waals surface area contributed by atoms with Crippen molar-refractivity contribution in [1.29, 1.82) is 0 Å². The van der Waals surface area contributed by atoms with Gasteiger partial charge in [0.05, 0.1) is 9.92 Å². The lowest BCUT2D eigenvalue weighted by Crippen LogP contribution is -2.12. The number of aromatic nitrogens is 1. The van der Waals surface area contributed by atoms with Crippen molar-refractivity contribution < 1.29 is 8.42 Å². The zero-order valence-corrected chi connectivity index (χ0v) is 12.1. The summed E-state index contributed by atoms with van der Waals surface area (Å²) >= 11 is 8.97. The van der Waals surface area contributed by atoms with Gasteiger partial charge in [0, 0.05) is 6.20 Å². The number of hydrogen-bond acceptors (Lipinski definition) is 2. The van der Waals surface area contributed by atoms with Gasteiger partial charge >= 0.3 is 0 Å². The van der Waals surface area contributed by atoms with Crippen LogP contribution in [0.1, 0.15) is 5.56 Å². The van der Waals surface area contributed by atoms with Gasteiger partial charge in [0.2, 0.25) is 0 Å². The van der Waals surface area contributed by atoms with Crippen molar-refractivity contribution in [3.8, 4) is 0 Å². The molecule has 0 radical (unpaired) electrons. The molecule has 3 nitrogen and oxygen atoms in total. The molecule has 1 aromatic carbocycles. The van der Waals surface area contributed by atoms with E-state index in [2.05, 4.69) is 15.9 Å². The van der Waals surface area contributed by atoms with E-state index in [0.717, 1.165) is 9.54 Å². The molecule has 2 aromatic rings. The maximum atomic E-state index is 12.3. The monoisotopic (exact) mass is 333 g/mol. The number of aryl methyl sites for hydroxylation is 1. The third-order valence-corrected chi connectivity index (χ3v) is 5.59. The third-order valence-electron chi connectivity index (χ3n) is 2.32. The number of hydrogen-bond donors (Lipinski definition) is 0. The summed E-state index contributed by atoms with van der Waals surface area (Å²) in [7, 11) is -3.58. The predicted octanol–water partition coefficient (Wildman–Crippen LogP) is 3.45. The van der Waals surface area contributed by atoms with Crippen molar-refractivity contribution in [2.45, 2.75) is 11.8 Å². The van der Waals surface area contributed by atoms with E-state index in [4.69, 9.17) is 11.6 Å². The van der Waals surface area contributed by atoms with Gasteiger partial charge in [-0.2, -0.15) is 0 Å². The van der Waals surface area contributed by atoms with E-state index in [1.165, 1.54) is 12.3 Å². The van der Waals surface area contributed by atoms with Crippen LogP contribution >= 0.6 is 27.5 Å². The fourth-order valence-corrected chi connectivity index (χ4v) is 3.64. The van der Waals surface area contributed by atoms with E-state index >= 15 is 0 Å². The topological polar surface area (TPSA) is 39.1 Å². The zero-order chi connectivity index (χ0) is 12.6. The quantitative estimate of drug-likeness (QED) is 0.844. The average Bonchev–Trinajstić information content (AvgIpc) is 2.61. The van der Waals surface area contributed by atoms with Gasteiger partial charge in [-0.05, 0) is 41.1 Å². The molecule has 0 aliphatic carbocycles. The van der Waals surface area contributed by atoms with E-state index in [-0.39, 0.29) is 4.90 Å². The number of benzene rings is 1. The van der Waals surface area contributed by atoms with Crippen molar-refractivity contribution in [2.24, 2.45) is 0 Å². The van der Waals surface area contributed by atoms with Gasteiger partial charge in [0.1, 0.15) is 4.60 Å². The van der Waals surface area contributed by atoms with Crippen molar-refractivity contribution >= 4 is 37.6 Å². The van der Waals surface area contributed by atoms with E-state index < -0.39 is 10.0 Å². The van der Waals surface area contributed by atoms with Crippen LogP contribution in [-0.2, 0) is 10.0 Å². The largest absolute Gasteiger partial charge is 0.268 e. The van der Waals surface area contributed by atoms with Gasteiger partial charge in [-0.1, -0.05) is 29.3 Å². The predicted molar refractivity (Wildman–Crippen MR) is 70.9 cm³/mol. The Balaban J connectivity index is 2.58. The number of rotatable bonds is 2. The Kier molecular flexibility index (Phi) is 3.34. The Hall–Kier alpha value is -0.780. The first-order chi connectivity index (χ1) is 7.93. The summed E-state index contributed by atoms with van der Waals surface area (Å²) in [5, 5.41) is 0.362. The molecule has 17 heavy (non-hydrogen) atoms. The van der Waals surface area contributed by atoms with Crippen LogP contribution in [0.15, 0.2) is 46.0 Å². The van der Waals surface area contributed by atoms with Crippen LogP contribution in [-0.4, -0.2) is 12.4 Å². The molecule has 0 saturated carbocycles. The SMILES string of the molecule is Cc1ccc(S(=O)(=O)n2ccc(Cl)c2Br)cc1. The normalized spacial score (nSPS) is 11.7. The van der Waals surface area contributed by atoms with Crippen LogP contribution < -0.4 is 0 Å². The summed E-state index contributed by atoms with van der Waals surface area (Å²) in [6, 6.07) is 8.19. The Labute approximate surface area is 113 Å². The molecule has 0 bridgehead atoms. The van der Waals surface area contributed by atoms with Crippen LogP contribution in [0.5, 0.6) is 0 Å². The highest BCUT2D eigenvalue weighted by Gasteiger charge is 2.19.